The van der Waals surface area contributed by atoms with Gasteiger partial charge >= 0.3 is 6.01 Å². The van der Waals surface area contributed by atoms with Gasteiger partial charge in [-0.3, -0.25) is 14.7 Å². The number of pyridine rings is 1. The van der Waals surface area contributed by atoms with Gasteiger partial charge in [-0.2, -0.15) is 9.97 Å². The molecule has 0 spiro atoms. The van der Waals surface area contributed by atoms with Crippen molar-refractivity contribution in [3.63, 3.8) is 0 Å². The third kappa shape index (κ3) is 5.70. The molecule has 5 heterocycles. The number of hydrogen-bond donors (Lipinski definition) is 2. The molecule has 2 aromatic carbocycles. The smallest absolute Gasteiger partial charge is 0.319 e. The molecule has 47 heavy (non-hydrogen) atoms. The Hall–Kier alpha value is -4.86. The zero-order valence-corrected chi connectivity index (χ0v) is 25.8. The number of nitrogens with one attached hydrogen (secondary N) is 1. The van der Waals surface area contributed by atoms with Crippen molar-refractivity contribution in [1.29, 1.82) is 0 Å². The lowest BCUT2D eigenvalue weighted by Crippen LogP contribution is -2.45. The SMILES string of the molecule is C#Cc1cccc2cc(O)cc(-c3ncc4c(N5CCOC[C@H](NC(=O)C(=C)F)C5)nc(OCC56CCCN5CCC6)nc4c3F)c12. The van der Waals surface area contributed by atoms with E-state index < -0.39 is 23.6 Å². The summed E-state index contributed by atoms with van der Waals surface area (Å²) in [6, 6.07) is 7.71. The molecule has 0 saturated carbocycles. The normalized spacial score (nSPS) is 19.3. The van der Waals surface area contributed by atoms with E-state index in [-0.39, 0.29) is 48.3 Å². The second kappa shape index (κ2) is 12.4. The van der Waals surface area contributed by atoms with Crippen LogP contribution in [0.3, 0.4) is 0 Å². The summed E-state index contributed by atoms with van der Waals surface area (Å²) < 4.78 is 42.4. The van der Waals surface area contributed by atoms with E-state index in [1.54, 1.807) is 24.3 Å². The molecule has 4 aromatic rings. The molecular weight excluding hydrogens is 606 g/mol. The van der Waals surface area contributed by atoms with Gasteiger partial charge in [-0.15, -0.1) is 6.42 Å². The molecule has 0 unspecified atom stereocenters. The number of amides is 1. The number of aromatic nitrogens is 3. The fourth-order valence-corrected chi connectivity index (χ4v) is 7.25. The summed E-state index contributed by atoms with van der Waals surface area (Å²) in [6.45, 7) is 6.42. The zero-order valence-electron chi connectivity index (χ0n) is 25.8. The minimum Gasteiger partial charge on any atom is -0.508 e. The van der Waals surface area contributed by atoms with Crippen LogP contribution in [0.25, 0.3) is 32.9 Å². The second-order valence-electron chi connectivity index (χ2n) is 12.4. The highest BCUT2D eigenvalue weighted by Crippen LogP contribution is 2.40. The van der Waals surface area contributed by atoms with Crippen LogP contribution < -0.4 is 15.0 Å². The standard InChI is InChI=1S/C35H34F2N6O4/c1-3-22-7-4-8-23-15-25(44)16-26(28(22)23)30-29(37)31-27(17-38-30)32(42-13-14-46-19-24(18-42)39-33(45)21(2)36)41-34(40-31)47-20-35-9-5-11-43(35)12-6-10-35/h1,4,7-8,15-17,24,44H,2,5-6,9-14,18-20H2,(H,39,45)/t24-/m1/s1. The number of ether oxygens (including phenoxy) is 2. The van der Waals surface area contributed by atoms with E-state index >= 15 is 4.39 Å². The summed E-state index contributed by atoms with van der Waals surface area (Å²) in [6.07, 6.45) is 11.5. The maximum absolute atomic E-state index is 16.8. The van der Waals surface area contributed by atoms with E-state index in [0.717, 1.165) is 38.8 Å². The first kappa shape index (κ1) is 30.8. The number of terminal acetylenes is 1. The molecule has 10 nitrogen and oxygen atoms in total. The van der Waals surface area contributed by atoms with Crippen LogP contribution in [-0.2, 0) is 9.53 Å². The van der Waals surface area contributed by atoms with Gasteiger partial charge in [0.2, 0.25) is 0 Å². The van der Waals surface area contributed by atoms with Crippen molar-refractivity contribution in [1.82, 2.24) is 25.2 Å². The number of hydrogen-bond acceptors (Lipinski definition) is 9. The number of carbonyl (C=O) groups excluding carboxylic acids is 1. The van der Waals surface area contributed by atoms with E-state index in [0.29, 0.717) is 46.3 Å². The van der Waals surface area contributed by atoms with Crippen molar-refractivity contribution in [2.75, 3.05) is 50.9 Å². The molecule has 7 rings (SSSR count). The predicted octanol–water partition coefficient (Wildman–Crippen LogP) is 4.48. The Labute approximate surface area is 270 Å². The Morgan fingerprint density at radius 2 is 2.04 bits per heavy atom. The fourth-order valence-electron chi connectivity index (χ4n) is 7.25. The number of benzene rings is 2. The van der Waals surface area contributed by atoms with E-state index in [2.05, 4.69) is 32.7 Å². The number of rotatable bonds is 7. The van der Waals surface area contributed by atoms with Gasteiger partial charge in [0.25, 0.3) is 5.91 Å². The second-order valence-corrected chi connectivity index (χ2v) is 12.4. The van der Waals surface area contributed by atoms with Crippen LogP contribution in [0.5, 0.6) is 11.8 Å². The lowest BCUT2D eigenvalue weighted by atomic mass is 9.95. The van der Waals surface area contributed by atoms with Crippen molar-refractivity contribution in [2.24, 2.45) is 0 Å². The Balaban J connectivity index is 1.35. The molecule has 242 valence electrons. The molecule has 3 fully saturated rings. The number of halogens is 2. The van der Waals surface area contributed by atoms with E-state index in [1.165, 1.54) is 12.3 Å². The largest absolute Gasteiger partial charge is 0.508 e. The number of carbonyl (C=O) groups is 1. The van der Waals surface area contributed by atoms with Gasteiger partial charge in [-0.1, -0.05) is 24.6 Å². The van der Waals surface area contributed by atoms with Crippen molar-refractivity contribution < 1.29 is 28.2 Å². The average Bonchev–Trinajstić information content (AvgIpc) is 3.56. The molecule has 1 atom stereocenters. The quantitative estimate of drug-likeness (QED) is 0.223. The Morgan fingerprint density at radius 3 is 2.81 bits per heavy atom. The average molecular weight is 641 g/mol. The Morgan fingerprint density at radius 1 is 1.23 bits per heavy atom. The molecule has 3 aliphatic heterocycles. The molecule has 12 heteroatoms. The van der Waals surface area contributed by atoms with Crippen LogP contribution in [0.15, 0.2) is 48.9 Å². The van der Waals surface area contributed by atoms with Crippen molar-refractivity contribution in [3.8, 4) is 35.4 Å². The van der Waals surface area contributed by atoms with E-state index in [9.17, 15) is 14.3 Å². The first-order valence-electron chi connectivity index (χ1n) is 15.7. The van der Waals surface area contributed by atoms with Crippen molar-refractivity contribution in [3.05, 3.63) is 60.3 Å². The van der Waals surface area contributed by atoms with Crippen LogP contribution in [0, 0.1) is 18.2 Å². The topological polar surface area (TPSA) is 113 Å². The third-order valence-corrected chi connectivity index (χ3v) is 9.44. The van der Waals surface area contributed by atoms with Gasteiger partial charge < -0.3 is 24.8 Å². The number of anilines is 1. The molecule has 0 aliphatic carbocycles. The number of phenols is 1. The van der Waals surface area contributed by atoms with E-state index in [4.69, 9.17) is 20.9 Å². The summed E-state index contributed by atoms with van der Waals surface area (Å²) in [5.41, 5.74) is 0.669. The minimum absolute atomic E-state index is 0.00430. The van der Waals surface area contributed by atoms with Crippen LogP contribution >= 0.6 is 0 Å². The number of fused-ring (bicyclic) bond motifs is 3. The van der Waals surface area contributed by atoms with Crippen LogP contribution in [0.4, 0.5) is 14.6 Å². The maximum atomic E-state index is 16.8. The highest BCUT2D eigenvalue weighted by atomic mass is 19.1. The fraction of sp³-hybridized carbons (Fsp3) is 0.371. The minimum atomic E-state index is -1.11. The summed E-state index contributed by atoms with van der Waals surface area (Å²) >= 11 is 0. The lowest BCUT2D eigenvalue weighted by Gasteiger charge is -2.31. The molecule has 0 radical (unpaired) electrons. The zero-order chi connectivity index (χ0) is 32.7. The molecule has 1 amide bonds. The summed E-state index contributed by atoms with van der Waals surface area (Å²) in [5.74, 6) is 0.140. The number of aromatic hydroxyl groups is 1. The first-order valence-corrected chi connectivity index (χ1v) is 15.7. The van der Waals surface area contributed by atoms with Crippen LogP contribution in [-0.4, -0.2) is 88.4 Å². The highest BCUT2D eigenvalue weighted by Gasteiger charge is 2.45. The number of phenolic OH excluding ortho intramolecular Hbond substituents is 1. The maximum Gasteiger partial charge on any atom is 0.319 e. The number of nitrogens with zero attached hydrogens (tertiary/aromatic N) is 5. The monoisotopic (exact) mass is 640 g/mol. The Bertz CT molecular complexity index is 1940. The summed E-state index contributed by atoms with van der Waals surface area (Å²) in [4.78, 5) is 30.3. The lowest BCUT2D eigenvalue weighted by molar-refractivity contribution is -0.119. The molecular formula is C35H34F2N6O4. The van der Waals surface area contributed by atoms with Crippen LogP contribution in [0.1, 0.15) is 31.2 Å². The van der Waals surface area contributed by atoms with Gasteiger partial charge in [0.1, 0.15) is 29.4 Å². The highest BCUT2D eigenvalue weighted by molar-refractivity contribution is 6.02. The summed E-state index contributed by atoms with van der Waals surface area (Å²) in [5, 5.41) is 14.7. The van der Waals surface area contributed by atoms with Gasteiger partial charge in [-0.25, -0.2) is 8.78 Å². The van der Waals surface area contributed by atoms with Crippen molar-refractivity contribution in [2.45, 2.75) is 37.3 Å². The van der Waals surface area contributed by atoms with E-state index in [1.807, 2.05) is 4.90 Å². The van der Waals surface area contributed by atoms with Crippen LogP contribution in [0.2, 0.25) is 0 Å². The third-order valence-electron chi connectivity index (χ3n) is 9.44. The molecule has 2 N–H and O–H groups in total. The van der Waals surface area contributed by atoms with Gasteiger partial charge in [-0.05, 0) is 62.4 Å². The predicted molar refractivity (Wildman–Crippen MR) is 173 cm³/mol. The van der Waals surface area contributed by atoms with Gasteiger partial charge in [0.15, 0.2) is 11.6 Å². The van der Waals surface area contributed by atoms with Gasteiger partial charge in [0.05, 0.1) is 30.2 Å². The molecule has 2 aromatic heterocycles. The van der Waals surface area contributed by atoms with Gasteiger partial charge in [0, 0.05) is 35.8 Å². The van der Waals surface area contributed by atoms with Crippen molar-refractivity contribution >= 4 is 33.4 Å². The molecule has 3 aliphatic rings. The first-order chi connectivity index (χ1) is 22.8. The molecule has 0 bridgehead atoms. The molecule has 3 saturated heterocycles. The Kier molecular flexibility index (Phi) is 8.11. The summed E-state index contributed by atoms with van der Waals surface area (Å²) in [7, 11) is 0.